The molecule has 0 radical (unpaired) electrons. The molecular weight excluding hydrogens is 318 g/mol. The van der Waals surface area contributed by atoms with Gasteiger partial charge in [0.15, 0.2) is 0 Å². The van der Waals surface area contributed by atoms with Gasteiger partial charge in [0.05, 0.1) is 5.71 Å². The number of nitrogens with zero attached hydrogens (tertiary/aromatic N) is 2. The zero-order valence-electron chi connectivity index (χ0n) is 14.7. The van der Waals surface area contributed by atoms with Crippen LogP contribution in [-0.2, 0) is 0 Å². The molecule has 25 heavy (non-hydrogen) atoms. The number of hydrazone groups is 1. The molecule has 0 aliphatic carbocycles. The van der Waals surface area contributed by atoms with E-state index < -0.39 is 0 Å². The first kappa shape index (κ1) is 18.3. The molecule has 0 bridgehead atoms. The van der Waals surface area contributed by atoms with Gasteiger partial charge in [-0.05, 0) is 57.2 Å². The van der Waals surface area contributed by atoms with Gasteiger partial charge in [0.2, 0.25) is 0 Å². The fraction of sp³-hybridized carbons (Fsp3) is 0.263. The molecule has 2 rings (SSSR count). The molecular formula is C19H23N3O3. The van der Waals surface area contributed by atoms with Gasteiger partial charge in [-0.1, -0.05) is 0 Å². The van der Waals surface area contributed by atoms with Crippen LogP contribution < -0.4 is 10.3 Å². The van der Waals surface area contributed by atoms with Crippen molar-refractivity contribution in [2.24, 2.45) is 5.10 Å². The standard InChI is InChI=1S/C19H23N3O3/c1-4-22(5-2)15-8-6-14(7-9-15)19(25)21-20-13(3)17-11-10-16(23)12-18(17)24/h6-12,23-24H,4-5H2,1-3H3,(H,21,25)/b20-13+. The van der Waals surface area contributed by atoms with Gasteiger partial charge in [0.25, 0.3) is 5.91 Å². The van der Waals surface area contributed by atoms with E-state index in [1.807, 2.05) is 12.1 Å². The van der Waals surface area contributed by atoms with Crippen molar-refractivity contribution in [2.75, 3.05) is 18.0 Å². The summed E-state index contributed by atoms with van der Waals surface area (Å²) in [7, 11) is 0. The minimum atomic E-state index is -0.330. The van der Waals surface area contributed by atoms with Gasteiger partial charge < -0.3 is 15.1 Å². The number of anilines is 1. The van der Waals surface area contributed by atoms with E-state index in [2.05, 4.69) is 29.3 Å². The maximum Gasteiger partial charge on any atom is 0.271 e. The van der Waals surface area contributed by atoms with Gasteiger partial charge in [-0.3, -0.25) is 4.79 Å². The van der Waals surface area contributed by atoms with E-state index in [1.54, 1.807) is 19.1 Å². The molecule has 0 aromatic heterocycles. The van der Waals surface area contributed by atoms with Gasteiger partial charge >= 0.3 is 0 Å². The van der Waals surface area contributed by atoms with Crippen LogP contribution in [-0.4, -0.2) is 34.9 Å². The van der Waals surface area contributed by atoms with E-state index in [0.717, 1.165) is 18.8 Å². The topological polar surface area (TPSA) is 85.2 Å². The third-order valence-corrected chi connectivity index (χ3v) is 3.95. The van der Waals surface area contributed by atoms with Gasteiger partial charge in [-0.2, -0.15) is 5.10 Å². The lowest BCUT2D eigenvalue weighted by atomic mass is 10.1. The summed E-state index contributed by atoms with van der Waals surface area (Å²) in [5, 5.41) is 23.1. The number of amides is 1. The molecule has 0 saturated heterocycles. The average Bonchev–Trinajstić information content (AvgIpc) is 2.61. The lowest BCUT2D eigenvalue weighted by Gasteiger charge is -2.20. The summed E-state index contributed by atoms with van der Waals surface area (Å²) in [4.78, 5) is 14.4. The first-order valence-corrected chi connectivity index (χ1v) is 8.18. The van der Waals surface area contributed by atoms with E-state index >= 15 is 0 Å². The third kappa shape index (κ3) is 4.50. The number of rotatable bonds is 6. The smallest absolute Gasteiger partial charge is 0.271 e. The van der Waals surface area contributed by atoms with Crippen molar-refractivity contribution >= 4 is 17.3 Å². The first-order valence-electron chi connectivity index (χ1n) is 8.18. The highest BCUT2D eigenvalue weighted by molar-refractivity contribution is 6.02. The van der Waals surface area contributed by atoms with Crippen molar-refractivity contribution in [3.63, 3.8) is 0 Å². The van der Waals surface area contributed by atoms with Crippen molar-refractivity contribution in [2.45, 2.75) is 20.8 Å². The number of nitrogens with one attached hydrogen (secondary N) is 1. The van der Waals surface area contributed by atoms with Crippen molar-refractivity contribution in [1.82, 2.24) is 5.43 Å². The Morgan fingerprint density at radius 2 is 1.72 bits per heavy atom. The second kappa shape index (κ2) is 8.19. The lowest BCUT2D eigenvalue weighted by molar-refractivity contribution is 0.0955. The van der Waals surface area contributed by atoms with E-state index in [-0.39, 0.29) is 17.4 Å². The maximum absolute atomic E-state index is 12.2. The Hall–Kier alpha value is -3.02. The summed E-state index contributed by atoms with van der Waals surface area (Å²) in [5.41, 5.74) is 4.92. The van der Waals surface area contributed by atoms with E-state index in [9.17, 15) is 15.0 Å². The zero-order chi connectivity index (χ0) is 18.4. The Morgan fingerprint density at radius 1 is 1.08 bits per heavy atom. The van der Waals surface area contributed by atoms with Crippen molar-refractivity contribution < 1.29 is 15.0 Å². The Balaban J connectivity index is 2.08. The highest BCUT2D eigenvalue weighted by Gasteiger charge is 2.09. The van der Waals surface area contributed by atoms with Gasteiger partial charge in [-0.15, -0.1) is 0 Å². The summed E-state index contributed by atoms with van der Waals surface area (Å²) < 4.78 is 0. The molecule has 6 heteroatoms. The van der Waals surface area contributed by atoms with E-state index in [1.165, 1.54) is 18.2 Å². The van der Waals surface area contributed by atoms with E-state index in [0.29, 0.717) is 16.8 Å². The number of benzene rings is 2. The molecule has 0 heterocycles. The average molecular weight is 341 g/mol. The number of hydrogen-bond acceptors (Lipinski definition) is 5. The van der Waals surface area contributed by atoms with Crippen LogP contribution in [0.4, 0.5) is 5.69 Å². The van der Waals surface area contributed by atoms with Crippen LogP contribution in [0.5, 0.6) is 11.5 Å². The summed E-state index contributed by atoms with van der Waals surface area (Å²) in [6.07, 6.45) is 0. The Kier molecular flexibility index (Phi) is 6.00. The second-order valence-electron chi connectivity index (χ2n) is 5.56. The number of phenols is 2. The van der Waals surface area contributed by atoms with Gasteiger partial charge in [-0.25, -0.2) is 5.43 Å². The predicted molar refractivity (Wildman–Crippen MR) is 99.5 cm³/mol. The van der Waals surface area contributed by atoms with Crippen LogP contribution in [0.2, 0.25) is 0 Å². The van der Waals surface area contributed by atoms with Gasteiger partial charge in [0, 0.05) is 36.0 Å². The third-order valence-electron chi connectivity index (χ3n) is 3.95. The fourth-order valence-corrected chi connectivity index (χ4v) is 2.50. The summed E-state index contributed by atoms with van der Waals surface area (Å²) >= 11 is 0. The summed E-state index contributed by atoms with van der Waals surface area (Å²) in [5.74, 6) is -0.464. The number of phenolic OH excluding ortho intramolecular Hbond substituents is 2. The highest BCUT2D eigenvalue weighted by atomic mass is 16.3. The van der Waals surface area contributed by atoms with Crippen LogP contribution in [0.3, 0.4) is 0 Å². The van der Waals surface area contributed by atoms with Crippen molar-refractivity contribution in [3.05, 3.63) is 53.6 Å². The molecule has 6 nitrogen and oxygen atoms in total. The molecule has 0 aliphatic rings. The molecule has 0 saturated carbocycles. The van der Waals surface area contributed by atoms with E-state index in [4.69, 9.17) is 0 Å². The normalized spacial score (nSPS) is 11.2. The minimum Gasteiger partial charge on any atom is -0.508 e. The molecule has 1 amide bonds. The number of hydrogen-bond donors (Lipinski definition) is 3. The highest BCUT2D eigenvalue weighted by Crippen LogP contribution is 2.23. The van der Waals surface area contributed by atoms with Crippen molar-refractivity contribution in [3.8, 4) is 11.5 Å². The van der Waals surface area contributed by atoms with Crippen LogP contribution in [0.1, 0.15) is 36.7 Å². The largest absolute Gasteiger partial charge is 0.508 e. The predicted octanol–water partition coefficient (Wildman–Crippen LogP) is 3.10. The Labute approximate surface area is 147 Å². The summed E-state index contributed by atoms with van der Waals surface area (Å²) in [6, 6.07) is 11.5. The van der Waals surface area contributed by atoms with Crippen LogP contribution >= 0.6 is 0 Å². The Bertz CT molecular complexity index is 766. The Morgan fingerprint density at radius 3 is 2.28 bits per heavy atom. The molecule has 2 aromatic carbocycles. The van der Waals surface area contributed by atoms with Crippen LogP contribution in [0, 0.1) is 0 Å². The molecule has 0 atom stereocenters. The molecule has 0 aliphatic heterocycles. The van der Waals surface area contributed by atoms with Gasteiger partial charge in [0.1, 0.15) is 11.5 Å². The monoisotopic (exact) mass is 341 g/mol. The lowest BCUT2D eigenvalue weighted by Crippen LogP contribution is -2.22. The fourth-order valence-electron chi connectivity index (χ4n) is 2.50. The SMILES string of the molecule is CCN(CC)c1ccc(C(=O)N/N=C(\C)c2ccc(O)cc2O)cc1. The molecule has 0 spiro atoms. The first-order chi connectivity index (χ1) is 12.0. The second-order valence-corrected chi connectivity index (χ2v) is 5.56. The molecule has 132 valence electrons. The quantitative estimate of drug-likeness (QED) is 0.557. The molecule has 3 N–H and O–H groups in total. The molecule has 0 fully saturated rings. The van der Waals surface area contributed by atoms with Crippen LogP contribution in [0.15, 0.2) is 47.6 Å². The van der Waals surface area contributed by atoms with Crippen molar-refractivity contribution in [1.29, 1.82) is 0 Å². The maximum atomic E-state index is 12.2. The molecule has 0 unspecified atom stereocenters. The minimum absolute atomic E-state index is 0.0358. The summed E-state index contributed by atoms with van der Waals surface area (Å²) in [6.45, 7) is 7.64. The number of carbonyl (C=O) groups excluding carboxylic acids is 1. The number of carbonyl (C=O) groups is 1. The zero-order valence-corrected chi connectivity index (χ0v) is 14.7. The molecule has 2 aromatic rings. The number of aromatic hydroxyl groups is 2. The van der Waals surface area contributed by atoms with Crippen LogP contribution in [0.25, 0.3) is 0 Å².